The average molecular weight is 278 g/mol. The van der Waals surface area contributed by atoms with Crippen molar-refractivity contribution in [1.29, 1.82) is 0 Å². The molecule has 19 heavy (non-hydrogen) atoms. The van der Waals surface area contributed by atoms with E-state index in [-0.39, 0.29) is 16.7 Å². The minimum atomic E-state index is 0.0360. The van der Waals surface area contributed by atoms with Gasteiger partial charge in [0.2, 0.25) is 0 Å². The molecule has 0 radical (unpaired) electrons. The molecule has 0 aliphatic rings. The number of phenolic OH excluding ortho intramolecular Hbond substituents is 1. The van der Waals surface area contributed by atoms with E-state index < -0.39 is 0 Å². The Bertz CT molecular complexity index is 603. The van der Waals surface area contributed by atoms with Gasteiger partial charge in [0, 0.05) is 16.8 Å². The van der Waals surface area contributed by atoms with Crippen molar-refractivity contribution in [2.24, 2.45) is 0 Å². The van der Waals surface area contributed by atoms with E-state index >= 15 is 0 Å². The topological polar surface area (TPSA) is 72.0 Å². The predicted octanol–water partition coefficient (Wildman–Crippen LogP) is 3.52. The molecule has 100 valence electrons. The zero-order valence-electron chi connectivity index (χ0n) is 11.1. The van der Waals surface area contributed by atoms with Crippen LogP contribution in [0.3, 0.4) is 0 Å². The van der Waals surface area contributed by atoms with Crippen LogP contribution < -0.4 is 5.73 Å². The molecule has 0 saturated carbocycles. The SMILES string of the molecule is Cc1nc(-c2ccc(O)c(Cl)c2)nc(N)c1C(C)C. The van der Waals surface area contributed by atoms with Gasteiger partial charge in [0.25, 0.3) is 0 Å². The maximum absolute atomic E-state index is 9.42. The summed E-state index contributed by atoms with van der Waals surface area (Å²) in [4.78, 5) is 8.79. The van der Waals surface area contributed by atoms with Gasteiger partial charge >= 0.3 is 0 Å². The fraction of sp³-hybridized carbons (Fsp3) is 0.286. The molecule has 0 bridgehead atoms. The van der Waals surface area contributed by atoms with Gasteiger partial charge in [0.05, 0.1) is 5.02 Å². The van der Waals surface area contributed by atoms with Crippen molar-refractivity contribution in [1.82, 2.24) is 9.97 Å². The highest BCUT2D eigenvalue weighted by atomic mass is 35.5. The van der Waals surface area contributed by atoms with Gasteiger partial charge in [-0.3, -0.25) is 0 Å². The van der Waals surface area contributed by atoms with E-state index in [9.17, 15) is 5.11 Å². The minimum Gasteiger partial charge on any atom is -0.506 e. The lowest BCUT2D eigenvalue weighted by Gasteiger charge is -2.13. The minimum absolute atomic E-state index is 0.0360. The Morgan fingerprint density at radius 3 is 2.47 bits per heavy atom. The van der Waals surface area contributed by atoms with E-state index in [0.29, 0.717) is 11.6 Å². The average Bonchev–Trinajstić information content (AvgIpc) is 2.31. The Kier molecular flexibility index (Phi) is 3.62. The van der Waals surface area contributed by atoms with Crippen molar-refractivity contribution >= 4 is 17.4 Å². The molecule has 0 aliphatic heterocycles. The van der Waals surface area contributed by atoms with Crippen LogP contribution in [0.25, 0.3) is 11.4 Å². The highest BCUT2D eigenvalue weighted by molar-refractivity contribution is 6.32. The summed E-state index contributed by atoms with van der Waals surface area (Å²) in [6.07, 6.45) is 0. The highest BCUT2D eigenvalue weighted by Gasteiger charge is 2.14. The lowest BCUT2D eigenvalue weighted by Crippen LogP contribution is -2.06. The first kappa shape index (κ1) is 13.6. The number of nitrogens with zero attached hydrogens (tertiary/aromatic N) is 2. The van der Waals surface area contributed by atoms with Gasteiger partial charge < -0.3 is 10.8 Å². The van der Waals surface area contributed by atoms with Crippen LogP contribution in [-0.4, -0.2) is 15.1 Å². The second-order valence-corrected chi connectivity index (χ2v) is 5.16. The molecular weight excluding hydrogens is 262 g/mol. The summed E-state index contributed by atoms with van der Waals surface area (Å²) in [6.45, 7) is 6.02. The smallest absolute Gasteiger partial charge is 0.161 e. The summed E-state index contributed by atoms with van der Waals surface area (Å²) in [7, 11) is 0. The van der Waals surface area contributed by atoms with E-state index in [1.807, 2.05) is 6.92 Å². The van der Waals surface area contributed by atoms with Crippen LogP contribution in [0.2, 0.25) is 5.02 Å². The van der Waals surface area contributed by atoms with Crippen LogP contribution in [0.4, 0.5) is 5.82 Å². The molecule has 0 fully saturated rings. The number of phenols is 1. The molecule has 0 saturated heterocycles. The van der Waals surface area contributed by atoms with Gasteiger partial charge in [-0.15, -0.1) is 0 Å². The largest absolute Gasteiger partial charge is 0.506 e. The molecule has 1 aromatic heterocycles. The van der Waals surface area contributed by atoms with Crippen molar-refractivity contribution < 1.29 is 5.11 Å². The van der Waals surface area contributed by atoms with Gasteiger partial charge in [-0.25, -0.2) is 9.97 Å². The summed E-state index contributed by atoms with van der Waals surface area (Å²) < 4.78 is 0. The summed E-state index contributed by atoms with van der Waals surface area (Å²) in [5.74, 6) is 1.31. The highest BCUT2D eigenvalue weighted by Crippen LogP contribution is 2.30. The van der Waals surface area contributed by atoms with Crippen LogP contribution in [-0.2, 0) is 0 Å². The molecule has 2 aromatic rings. The number of nitrogen functional groups attached to an aromatic ring is 1. The Hall–Kier alpha value is -1.81. The molecule has 1 aromatic carbocycles. The second-order valence-electron chi connectivity index (χ2n) is 4.75. The molecule has 0 unspecified atom stereocenters. The molecule has 0 amide bonds. The zero-order valence-corrected chi connectivity index (χ0v) is 11.9. The zero-order chi connectivity index (χ0) is 14.2. The van der Waals surface area contributed by atoms with Crippen LogP contribution in [0.5, 0.6) is 5.75 Å². The molecule has 1 heterocycles. The van der Waals surface area contributed by atoms with E-state index in [2.05, 4.69) is 23.8 Å². The quantitative estimate of drug-likeness (QED) is 0.881. The van der Waals surface area contributed by atoms with Crippen LogP contribution in [0, 0.1) is 6.92 Å². The van der Waals surface area contributed by atoms with Crippen molar-refractivity contribution in [3.05, 3.63) is 34.5 Å². The lowest BCUT2D eigenvalue weighted by atomic mass is 10.0. The molecule has 5 heteroatoms. The second kappa shape index (κ2) is 5.05. The van der Waals surface area contributed by atoms with E-state index in [4.69, 9.17) is 17.3 Å². The first-order chi connectivity index (χ1) is 8.90. The van der Waals surface area contributed by atoms with Gasteiger partial charge in [-0.2, -0.15) is 0 Å². The third kappa shape index (κ3) is 2.63. The van der Waals surface area contributed by atoms with Crippen molar-refractivity contribution in [3.63, 3.8) is 0 Å². The summed E-state index contributed by atoms with van der Waals surface area (Å²) >= 11 is 5.89. The van der Waals surface area contributed by atoms with Crippen LogP contribution >= 0.6 is 11.6 Å². The fourth-order valence-electron chi connectivity index (χ4n) is 2.09. The predicted molar refractivity (Wildman–Crippen MR) is 77.4 cm³/mol. The number of nitrogens with two attached hydrogens (primary N) is 1. The standard InChI is InChI=1S/C14H16ClN3O/c1-7(2)12-8(3)17-14(18-13(12)16)9-4-5-11(19)10(15)6-9/h4-7,19H,1-3H3,(H2,16,17,18). The number of benzene rings is 1. The molecule has 2 rings (SSSR count). The third-order valence-corrected chi connectivity index (χ3v) is 3.25. The van der Waals surface area contributed by atoms with Crippen molar-refractivity contribution in [3.8, 4) is 17.1 Å². The van der Waals surface area contributed by atoms with Crippen LogP contribution in [0.15, 0.2) is 18.2 Å². The van der Waals surface area contributed by atoms with Gasteiger partial charge in [-0.1, -0.05) is 25.4 Å². The normalized spacial score (nSPS) is 11.0. The molecule has 0 aliphatic carbocycles. The maximum atomic E-state index is 9.42. The number of aromatic hydroxyl groups is 1. The Labute approximate surface area is 117 Å². The van der Waals surface area contributed by atoms with E-state index in [1.54, 1.807) is 12.1 Å². The van der Waals surface area contributed by atoms with Gasteiger partial charge in [0.15, 0.2) is 5.82 Å². The molecule has 3 N–H and O–H groups in total. The van der Waals surface area contributed by atoms with Crippen molar-refractivity contribution in [2.75, 3.05) is 5.73 Å². The van der Waals surface area contributed by atoms with Gasteiger partial charge in [0.1, 0.15) is 11.6 Å². The maximum Gasteiger partial charge on any atom is 0.161 e. The van der Waals surface area contributed by atoms with E-state index in [0.717, 1.165) is 16.8 Å². The number of aromatic nitrogens is 2. The third-order valence-electron chi connectivity index (χ3n) is 2.95. The van der Waals surface area contributed by atoms with Gasteiger partial charge in [-0.05, 0) is 31.0 Å². The molecular formula is C14H16ClN3O. The molecule has 4 nitrogen and oxygen atoms in total. The first-order valence-electron chi connectivity index (χ1n) is 6.03. The monoisotopic (exact) mass is 277 g/mol. The fourth-order valence-corrected chi connectivity index (χ4v) is 2.27. The number of halogens is 1. The van der Waals surface area contributed by atoms with E-state index in [1.165, 1.54) is 6.07 Å². The Balaban J connectivity index is 2.55. The number of hydrogen-bond acceptors (Lipinski definition) is 4. The van der Waals surface area contributed by atoms with Crippen molar-refractivity contribution in [2.45, 2.75) is 26.7 Å². The van der Waals surface area contributed by atoms with Crippen LogP contribution in [0.1, 0.15) is 31.0 Å². The number of rotatable bonds is 2. The number of hydrogen-bond donors (Lipinski definition) is 2. The summed E-state index contributed by atoms with van der Waals surface area (Å²) in [5.41, 5.74) is 8.55. The molecule has 0 spiro atoms. The Morgan fingerprint density at radius 2 is 1.95 bits per heavy atom. The number of anilines is 1. The first-order valence-corrected chi connectivity index (χ1v) is 6.41. The molecule has 0 atom stereocenters. The lowest BCUT2D eigenvalue weighted by molar-refractivity contribution is 0.475. The Morgan fingerprint density at radius 1 is 1.26 bits per heavy atom. The summed E-state index contributed by atoms with van der Waals surface area (Å²) in [5, 5.41) is 9.69. The summed E-state index contributed by atoms with van der Waals surface area (Å²) in [6, 6.07) is 4.85. The number of aryl methyl sites for hydroxylation is 1.